The van der Waals surface area contributed by atoms with Crippen molar-refractivity contribution in [2.45, 2.75) is 46.0 Å². The Balaban J connectivity index is 1.68. The molecule has 0 unspecified atom stereocenters. The van der Waals surface area contributed by atoms with Crippen molar-refractivity contribution in [3.05, 3.63) is 51.9 Å². The van der Waals surface area contributed by atoms with Gasteiger partial charge in [0, 0.05) is 11.5 Å². The third-order valence-electron chi connectivity index (χ3n) is 4.37. The van der Waals surface area contributed by atoms with E-state index in [0.29, 0.717) is 22.6 Å². The van der Waals surface area contributed by atoms with E-state index in [0.717, 1.165) is 19.3 Å². The summed E-state index contributed by atoms with van der Waals surface area (Å²) < 4.78 is 10.4. The summed E-state index contributed by atoms with van der Waals surface area (Å²) in [6, 6.07) is 5.73. The van der Waals surface area contributed by atoms with Crippen molar-refractivity contribution in [1.82, 2.24) is 5.16 Å². The lowest BCUT2D eigenvalue weighted by Gasteiger charge is -2.07. The number of hydrogen-bond acceptors (Lipinski definition) is 5. The van der Waals surface area contributed by atoms with E-state index in [1.807, 2.05) is 32.0 Å². The fourth-order valence-electron chi connectivity index (χ4n) is 3.06. The SMILES string of the molecule is Cc1noc(C(C)C)c1C(=O)OCC(=O)c1ccc2c(c1)CCC2. The van der Waals surface area contributed by atoms with Crippen LogP contribution in [0, 0.1) is 6.92 Å². The lowest BCUT2D eigenvalue weighted by molar-refractivity contribution is 0.0471. The summed E-state index contributed by atoms with van der Waals surface area (Å²) >= 11 is 0. The zero-order valence-electron chi connectivity index (χ0n) is 14.2. The van der Waals surface area contributed by atoms with Crippen molar-refractivity contribution < 1.29 is 18.8 Å². The van der Waals surface area contributed by atoms with Crippen molar-refractivity contribution in [2.24, 2.45) is 0 Å². The quantitative estimate of drug-likeness (QED) is 0.619. The molecular weight excluding hydrogens is 306 g/mol. The molecule has 0 saturated carbocycles. The molecule has 0 fully saturated rings. The first-order chi connectivity index (χ1) is 11.5. The first-order valence-electron chi connectivity index (χ1n) is 8.25. The summed E-state index contributed by atoms with van der Waals surface area (Å²) in [7, 11) is 0. The smallest absolute Gasteiger partial charge is 0.344 e. The second-order valence-electron chi connectivity index (χ2n) is 6.50. The maximum absolute atomic E-state index is 12.3. The van der Waals surface area contributed by atoms with Crippen molar-refractivity contribution in [1.29, 1.82) is 0 Å². The van der Waals surface area contributed by atoms with E-state index < -0.39 is 5.97 Å². The van der Waals surface area contributed by atoms with Crippen LogP contribution in [-0.4, -0.2) is 23.5 Å². The van der Waals surface area contributed by atoms with Crippen molar-refractivity contribution in [2.75, 3.05) is 6.61 Å². The summed E-state index contributed by atoms with van der Waals surface area (Å²) in [6.45, 7) is 5.23. The van der Waals surface area contributed by atoms with E-state index in [2.05, 4.69) is 5.16 Å². The summed E-state index contributed by atoms with van der Waals surface area (Å²) in [6.07, 6.45) is 3.21. The lowest BCUT2D eigenvalue weighted by atomic mass is 10.0. The van der Waals surface area contributed by atoms with Gasteiger partial charge in [-0.05, 0) is 43.4 Å². The number of benzene rings is 1. The molecule has 0 radical (unpaired) electrons. The number of ether oxygens (including phenoxy) is 1. The molecule has 0 atom stereocenters. The Morgan fingerprint density at radius 2 is 2.00 bits per heavy atom. The second-order valence-corrected chi connectivity index (χ2v) is 6.50. The van der Waals surface area contributed by atoms with Crippen LogP contribution in [-0.2, 0) is 17.6 Å². The van der Waals surface area contributed by atoms with E-state index in [1.54, 1.807) is 6.92 Å². The number of rotatable bonds is 5. The van der Waals surface area contributed by atoms with Gasteiger partial charge in [0.15, 0.2) is 18.2 Å². The Kier molecular flexibility index (Phi) is 4.51. The Labute approximate surface area is 141 Å². The molecule has 0 bridgehead atoms. The maximum atomic E-state index is 12.3. The van der Waals surface area contributed by atoms with Gasteiger partial charge in [0.05, 0.1) is 5.69 Å². The number of carbonyl (C=O) groups is 2. The summed E-state index contributed by atoms with van der Waals surface area (Å²) in [5, 5.41) is 3.82. The highest BCUT2D eigenvalue weighted by atomic mass is 16.5. The molecule has 24 heavy (non-hydrogen) atoms. The molecule has 5 heteroatoms. The van der Waals surface area contributed by atoms with Gasteiger partial charge in [-0.3, -0.25) is 4.79 Å². The van der Waals surface area contributed by atoms with E-state index in [9.17, 15) is 9.59 Å². The van der Waals surface area contributed by atoms with E-state index in [-0.39, 0.29) is 18.3 Å². The number of fused-ring (bicyclic) bond motifs is 1. The first kappa shape index (κ1) is 16.4. The van der Waals surface area contributed by atoms with Gasteiger partial charge in [0.1, 0.15) is 5.56 Å². The van der Waals surface area contributed by atoms with Crippen LogP contribution < -0.4 is 0 Å². The topological polar surface area (TPSA) is 69.4 Å². The molecule has 0 amide bonds. The minimum Gasteiger partial charge on any atom is -0.454 e. The highest BCUT2D eigenvalue weighted by molar-refractivity contribution is 6.00. The molecule has 5 nitrogen and oxygen atoms in total. The molecular formula is C19H21NO4. The molecule has 1 aromatic heterocycles. The number of nitrogens with zero attached hydrogens (tertiary/aromatic N) is 1. The first-order valence-corrected chi connectivity index (χ1v) is 8.25. The van der Waals surface area contributed by atoms with E-state index in [4.69, 9.17) is 9.26 Å². The van der Waals surface area contributed by atoms with E-state index in [1.165, 1.54) is 11.1 Å². The average Bonchev–Trinajstić information content (AvgIpc) is 3.17. The van der Waals surface area contributed by atoms with Crippen LogP contribution in [0.2, 0.25) is 0 Å². The number of aryl methyl sites for hydroxylation is 3. The van der Waals surface area contributed by atoms with E-state index >= 15 is 0 Å². The Morgan fingerprint density at radius 1 is 1.25 bits per heavy atom. The normalized spacial score (nSPS) is 13.2. The number of hydrogen-bond donors (Lipinski definition) is 0. The van der Waals surface area contributed by atoms with Crippen LogP contribution >= 0.6 is 0 Å². The van der Waals surface area contributed by atoms with Crippen LogP contribution in [0.1, 0.15) is 69.5 Å². The molecule has 3 rings (SSSR count). The Morgan fingerprint density at radius 3 is 2.75 bits per heavy atom. The molecule has 0 aliphatic heterocycles. The van der Waals surface area contributed by atoms with Gasteiger partial charge in [-0.15, -0.1) is 0 Å². The fraction of sp³-hybridized carbons (Fsp3) is 0.421. The lowest BCUT2D eigenvalue weighted by Crippen LogP contribution is -2.16. The molecule has 0 saturated heterocycles. The number of carbonyl (C=O) groups excluding carboxylic acids is 2. The predicted octanol–water partition coefficient (Wildman–Crippen LogP) is 3.63. The highest BCUT2D eigenvalue weighted by Gasteiger charge is 2.24. The van der Waals surface area contributed by atoms with Gasteiger partial charge >= 0.3 is 5.97 Å². The van der Waals surface area contributed by atoms with Gasteiger partial charge in [-0.25, -0.2) is 4.79 Å². The average molecular weight is 327 g/mol. The molecule has 1 aliphatic rings. The molecule has 1 aromatic carbocycles. The maximum Gasteiger partial charge on any atom is 0.344 e. The van der Waals surface area contributed by atoms with Crippen molar-refractivity contribution in [3.8, 4) is 0 Å². The molecule has 1 aliphatic carbocycles. The fourth-order valence-corrected chi connectivity index (χ4v) is 3.06. The van der Waals surface area contributed by atoms with Crippen molar-refractivity contribution >= 4 is 11.8 Å². The summed E-state index contributed by atoms with van der Waals surface area (Å²) in [5.41, 5.74) is 3.93. The van der Waals surface area contributed by atoms with Crippen LogP contribution in [0.3, 0.4) is 0 Å². The van der Waals surface area contributed by atoms with Gasteiger partial charge in [0.25, 0.3) is 0 Å². The third-order valence-corrected chi connectivity index (χ3v) is 4.37. The standard InChI is InChI=1S/C19H21NO4/c1-11(2)18-17(12(3)20-24-18)19(22)23-10-16(21)15-8-7-13-5-4-6-14(13)9-15/h7-9,11H,4-6,10H2,1-3H3. The van der Waals surface area contributed by atoms with Crippen molar-refractivity contribution in [3.63, 3.8) is 0 Å². The number of Topliss-reactive ketones (excluding diaryl/α,β-unsaturated/α-hetero) is 1. The highest BCUT2D eigenvalue weighted by Crippen LogP contribution is 2.24. The zero-order chi connectivity index (χ0) is 17.3. The summed E-state index contributed by atoms with van der Waals surface area (Å²) in [4.78, 5) is 24.6. The predicted molar refractivity (Wildman–Crippen MR) is 88.4 cm³/mol. The minimum atomic E-state index is -0.563. The number of aromatic nitrogens is 1. The monoisotopic (exact) mass is 327 g/mol. The third kappa shape index (κ3) is 3.11. The van der Waals surface area contributed by atoms with Gasteiger partial charge < -0.3 is 9.26 Å². The molecule has 2 aromatic rings. The number of ketones is 1. The van der Waals surface area contributed by atoms with Gasteiger partial charge in [-0.1, -0.05) is 31.1 Å². The second kappa shape index (κ2) is 6.59. The van der Waals surface area contributed by atoms with Crippen LogP contribution in [0.5, 0.6) is 0 Å². The number of esters is 1. The van der Waals surface area contributed by atoms with Gasteiger partial charge in [-0.2, -0.15) is 0 Å². The Hall–Kier alpha value is -2.43. The molecule has 0 N–H and O–H groups in total. The Bertz CT molecular complexity index is 789. The van der Waals surface area contributed by atoms with Crippen LogP contribution in [0.25, 0.3) is 0 Å². The van der Waals surface area contributed by atoms with Gasteiger partial charge in [0.2, 0.25) is 0 Å². The van der Waals surface area contributed by atoms with Crippen LogP contribution in [0.4, 0.5) is 0 Å². The largest absolute Gasteiger partial charge is 0.454 e. The minimum absolute atomic E-state index is 0.0150. The summed E-state index contributed by atoms with van der Waals surface area (Å²) in [5.74, 6) is -0.256. The molecule has 1 heterocycles. The zero-order valence-corrected chi connectivity index (χ0v) is 14.2. The molecule has 126 valence electrons. The van der Waals surface area contributed by atoms with Crippen LogP contribution in [0.15, 0.2) is 22.7 Å². The molecule has 0 spiro atoms.